The van der Waals surface area contributed by atoms with Gasteiger partial charge in [-0.3, -0.25) is 4.79 Å². The van der Waals surface area contributed by atoms with E-state index in [1.807, 2.05) is 0 Å². The van der Waals surface area contributed by atoms with Crippen LogP contribution in [0.15, 0.2) is 27.8 Å². The normalized spacial score (nSPS) is 24.7. The summed E-state index contributed by atoms with van der Waals surface area (Å²) in [5.41, 5.74) is 4.04. The number of nitrogens with two attached hydrogens (primary N) is 1. The first-order chi connectivity index (χ1) is 7.19. The Balaban J connectivity index is 2.46. The molecule has 1 unspecified atom stereocenters. The van der Waals surface area contributed by atoms with Gasteiger partial charge in [-0.15, -0.1) is 0 Å². The summed E-state index contributed by atoms with van der Waals surface area (Å²) in [5.74, 6) is -0.181. The molecule has 6 nitrogen and oxygen atoms in total. The van der Waals surface area contributed by atoms with E-state index in [1.165, 1.54) is 6.26 Å². The highest BCUT2D eigenvalue weighted by Crippen LogP contribution is 2.31. The van der Waals surface area contributed by atoms with Crippen molar-refractivity contribution in [2.45, 2.75) is 5.54 Å². The maximum absolute atomic E-state index is 11.6. The molecule has 0 saturated heterocycles. The van der Waals surface area contributed by atoms with E-state index in [0.717, 1.165) is 0 Å². The molecule has 0 aromatic carbocycles. The van der Waals surface area contributed by atoms with Crippen molar-refractivity contribution in [2.24, 2.45) is 10.7 Å². The monoisotopic (exact) mass is 210 g/mol. The van der Waals surface area contributed by atoms with Crippen LogP contribution in [0.2, 0.25) is 0 Å². The van der Waals surface area contributed by atoms with Crippen LogP contribution in [0, 0.1) is 0 Å². The van der Waals surface area contributed by atoms with E-state index in [4.69, 9.17) is 20.0 Å². The maximum Gasteiger partial charge on any atom is 0.283 e. The first kappa shape index (κ1) is 9.72. The van der Waals surface area contributed by atoms with Gasteiger partial charge in [0, 0.05) is 0 Å². The van der Waals surface area contributed by atoms with Crippen LogP contribution >= 0.6 is 0 Å². The van der Waals surface area contributed by atoms with E-state index in [-0.39, 0.29) is 12.6 Å². The molecule has 2 rings (SSSR count). The fourth-order valence-corrected chi connectivity index (χ4v) is 1.48. The zero-order valence-corrected chi connectivity index (χ0v) is 7.84. The van der Waals surface area contributed by atoms with Gasteiger partial charge in [-0.1, -0.05) is 0 Å². The first-order valence-corrected chi connectivity index (χ1v) is 4.35. The number of rotatable bonds is 3. The number of Topliss-reactive ketones (excluding diaryl/α,β-unsaturated/α-hetero) is 1. The van der Waals surface area contributed by atoms with Gasteiger partial charge in [-0.25, -0.2) is 4.99 Å². The number of hydrogen-bond donors (Lipinski definition) is 2. The fraction of sp³-hybridized carbons (Fsp3) is 0.333. The van der Waals surface area contributed by atoms with Gasteiger partial charge in [-0.05, 0) is 12.1 Å². The number of furan rings is 1. The quantitative estimate of drug-likeness (QED) is 0.692. The third-order valence-electron chi connectivity index (χ3n) is 2.26. The third-order valence-corrected chi connectivity index (χ3v) is 2.26. The van der Waals surface area contributed by atoms with Crippen LogP contribution in [0.3, 0.4) is 0 Å². The van der Waals surface area contributed by atoms with Gasteiger partial charge in [0.2, 0.25) is 5.54 Å². The molecule has 1 atom stereocenters. The standard InChI is InChI=1S/C9H10N2O4/c10-8-11-9(5-15-8,6(13)4-12)7-2-1-3-14-7/h1-3,12H,4-5H2,(H2,10,11). The summed E-state index contributed by atoms with van der Waals surface area (Å²) in [6.07, 6.45) is 1.42. The summed E-state index contributed by atoms with van der Waals surface area (Å²) in [5, 5.41) is 8.89. The number of ether oxygens (including phenoxy) is 1. The van der Waals surface area contributed by atoms with Gasteiger partial charge in [-0.2, -0.15) is 0 Å². The summed E-state index contributed by atoms with van der Waals surface area (Å²) in [6, 6.07) is 3.15. The van der Waals surface area contributed by atoms with Crippen molar-refractivity contribution >= 4 is 11.8 Å². The lowest BCUT2D eigenvalue weighted by atomic mass is 9.93. The topological polar surface area (TPSA) is 98.0 Å². The Bertz CT molecular complexity index is 398. The first-order valence-electron chi connectivity index (χ1n) is 4.35. The molecule has 0 radical (unpaired) electrons. The molecule has 2 heterocycles. The summed E-state index contributed by atoms with van der Waals surface area (Å²) in [4.78, 5) is 15.5. The van der Waals surface area contributed by atoms with Gasteiger partial charge in [0.15, 0.2) is 5.78 Å². The maximum atomic E-state index is 11.6. The highest BCUT2D eigenvalue weighted by Gasteiger charge is 2.47. The van der Waals surface area contributed by atoms with E-state index >= 15 is 0 Å². The minimum atomic E-state index is -1.32. The second-order valence-electron chi connectivity index (χ2n) is 3.16. The van der Waals surface area contributed by atoms with Crippen molar-refractivity contribution in [1.82, 2.24) is 0 Å². The number of carbonyl (C=O) groups excluding carboxylic acids is 1. The second-order valence-corrected chi connectivity index (χ2v) is 3.16. The molecule has 1 aliphatic rings. The van der Waals surface area contributed by atoms with Crippen LogP contribution in [0.25, 0.3) is 0 Å². The van der Waals surface area contributed by atoms with E-state index in [9.17, 15) is 4.79 Å². The Morgan fingerprint density at radius 2 is 2.53 bits per heavy atom. The average Bonchev–Trinajstić information content (AvgIpc) is 2.85. The van der Waals surface area contributed by atoms with Crippen molar-refractivity contribution in [3.05, 3.63) is 24.2 Å². The molecule has 0 bridgehead atoms. The smallest absolute Gasteiger partial charge is 0.283 e. The highest BCUT2D eigenvalue weighted by molar-refractivity contribution is 5.94. The molecular formula is C9H10N2O4. The van der Waals surface area contributed by atoms with Crippen LogP contribution in [0.1, 0.15) is 5.76 Å². The van der Waals surface area contributed by atoms with Crippen LogP contribution in [-0.2, 0) is 15.1 Å². The molecule has 3 N–H and O–H groups in total. The molecule has 0 saturated carbocycles. The number of aliphatic hydroxyl groups excluding tert-OH is 1. The molecule has 6 heteroatoms. The van der Waals surface area contributed by atoms with Crippen molar-refractivity contribution in [3.63, 3.8) is 0 Å². The number of aliphatic imine (C=N–C) groups is 1. The molecule has 1 aromatic rings. The van der Waals surface area contributed by atoms with Crippen LogP contribution in [-0.4, -0.2) is 30.1 Å². The Kier molecular flexibility index (Phi) is 2.20. The minimum Gasteiger partial charge on any atom is -0.466 e. The van der Waals surface area contributed by atoms with Gasteiger partial charge >= 0.3 is 0 Å². The molecule has 0 fully saturated rings. The lowest BCUT2D eigenvalue weighted by Crippen LogP contribution is -2.37. The van der Waals surface area contributed by atoms with E-state index in [1.54, 1.807) is 12.1 Å². The Hall–Kier alpha value is -1.82. The summed E-state index contributed by atoms with van der Waals surface area (Å²) in [7, 11) is 0. The molecular weight excluding hydrogens is 200 g/mol. The molecule has 15 heavy (non-hydrogen) atoms. The van der Waals surface area contributed by atoms with E-state index in [2.05, 4.69) is 4.99 Å². The molecule has 80 valence electrons. The SMILES string of the molecule is NC1=NC(C(=O)CO)(c2ccco2)CO1. The Morgan fingerprint density at radius 3 is 3.00 bits per heavy atom. The van der Waals surface area contributed by atoms with Crippen molar-refractivity contribution in [2.75, 3.05) is 13.2 Å². The predicted octanol–water partition coefficient (Wildman–Crippen LogP) is -0.619. The Labute approximate surface area is 85.3 Å². The third kappa shape index (κ3) is 1.39. The number of carbonyl (C=O) groups is 1. The largest absolute Gasteiger partial charge is 0.466 e. The number of ketones is 1. The van der Waals surface area contributed by atoms with Crippen LogP contribution in [0.5, 0.6) is 0 Å². The lowest BCUT2D eigenvalue weighted by molar-refractivity contribution is -0.128. The van der Waals surface area contributed by atoms with Crippen molar-refractivity contribution < 1.29 is 19.1 Å². The average molecular weight is 210 g/mol. The number of amidine groups is 1. The zero-order valence-electron chi connectivity index (χ0n) is 7.84. The molecule has 0 amide bonds. The van der Waals surface area contributed by atoms with Crippen LogP contribution < -0.4 is 5.73 Å². The van der Waals surface area contributed by atoms with Gasteiger partial charge < -0.3 is 20.0 Å². The highest BCUT2D eigenvalue weighted by atomic mass is 16.5. The lowest BCUT2D eigenvalue weighted by Gasteiger charge is -2.18. The van der Waals surface area contributed by atoms with Crippen LogP contribution in [0.4, 0.5) is 0 Å². The summed E-state index contributed by atoms with van der Waals surface area (Å²) >= 11 is 0. The zero-order chi connectivity index (χ0) is 10.9. The van der Waals surface area contributed by atoms with Crippen molar-refractivity contribution in [1.29, 1.82) is 0 Å². The fourth-order valence-electron chi connectivity index (χ4n) is 1.48. The molecule has 0 aliphatic carbocycles. The second kappa shape index (κ2) is 3.39. The summed E-state index contributed by atoms with van der Waals surface area (Å²) < 4.78 is 10.1. The predicted molar refractivity (Wildman–Crippen MR) is 50.1 cm³/mol. The van der Waals surface area contributed by atoms with E-state index in [0.29, 0.717) is 5.76 Å². The molecule has 1 aliphatic heterocycles. The summed E-state index contributed by atoms with van der Waals surface area (Å²) in [6.45, 7) is -0.674. The number of hydrogen-bond acceptors (Lipinski definition) is 6. The minimum absolute atomic E-state index is 0.0360. The van der Waals surface area contributed by atoms with Gasteiger partial charge in [0.05, 0.1) is 6.26 Å². The molecule has 0 spiro atoms. The Morgan fingerprint density at radius 1 is 1.73 bits per heavy atom. The number of aliphatic hydroxyl groups is 1. The molecule has 1 aromatic heterocycles. The van der Waals surface area contributed by atoms with Crippen molar-refractivity contribution in [3.8, 4) is 0 Å². The van der Waals surface area contributed by atoms with E-state index < -0.39 is 17.9 Å². The van der Waals surface area contributed by atoms with Gasteiger partial charge in [0.25, 0.3) is 6.02 Å². The number of nitrogens with zero attached hydrogens (tertiary/aromatic N) is 1. The van der Waals surface area contributed by atoms with Gasteiger partial charge in [0.1, 0.15) is 19.0 Å².